The third kappa shape index (κ3) is 4.46. The smallest absolute Gasteiger partial charge is 0.269 e. The van der Waals surface area contributed by atoms with Crippen molar-refractivity contribution in [2.75, 3.05) is 13.2 Å². The van der Waals surface area contributed by atoms with E-state index in [0.717, 1.165) is 0 Å². The van der Waals surface area contributed by atoms with Crippen molar-refractivity contribution < 1.29 is 39.0 Å². The standard InChI is InChI=1S/C20H20N2O10/c23-9-15-17(24)18(32-20(30-15)12-4-2-6-14(8-12)22(27)28)16-10-29-19(31-16)11-3-1-5-13(7-11)21(25)26/h1-8,15-20,23-24H,9-10H2/t15-,16+,17+,18+,19?,20?/m0/s1. The highest BCUT2D eigenvalue weighted by Crippen LogP contribution is 2.37. The number of aliphatic hydroxyl groups excluding tert-OH is 2. The number of aliphatic hydroxyl groups is 2. The monoisotopic (exact) mass is 448 g/mol. The lowest BCUT2D eigenvalue weighted by molar-refractivity contribution is -0.385. The predicted octanol–water partition coefficient (Wildman–Crippen LogP) is 1.75. The summed E-state index contributed by atoms with van der Waals surface area (Å²) >= 11 is 0. The van der Waals surface area contributed by atoms with Gasteiger partial charge in [0.05, 0.1) is 23.1 Å². The lowest BCUT2D eigenvalue weighted by Gasteiger charge is -2.40. The Morgan fingerprint density at radius 2 is 1.50 bits per heavy atom. The molecular formula is C20H20N2O10. The van der Waals surface area contributed by atoms with Gasteiger partial charge in [0, 0.05) is 35.4 Å². The Morgan fingerprint density at radius 1 is 0.906 bits per heavy atom. The summed E-state index contributed by atoms with van der Waals surface area (Å²) in [5.41, 5.74) is 0.483. The van der Waals surface area contributed by atoms with Gasteiger partial charge in [-0.2, -0.15) is 0 Å². The van der Waals surface area contributed by atoms with Crippen LogP contribution in [-0.4, -0.2) is 57.7 Å². The van der Waals surface area contributed by atoms with E-state index in [9.17, 15) is 30.4 Å². The number of benzene rings is 2. The van der Waals surface area contributed by atoms with Crippen molar-refractivity contribution in [3.63, 3.8) is 0 Å². The Bertz CT molecular complexity index is 1000. The molecule has 2 aliphatic rings. The second-order valence-electron chi connectivity index (χ2n) is 7.32. The minimum atomic E-state index is -1.27. The van der Waals surface area contributed by atoms with Crippen LogP contribution in [0.5, 0.6) is 0 Å². The molecule has 12 heteroatoms. The zero-order chi connectivity index (χ0) is 22.8. The Labute approximate surface area is 181 Å². The molecule has 2 fully saturated rings. The van der Waals surface area contributed by atoms with Crippen molar-refractivity contribution in [1.82, 2.24) is 0 Å². The van der Waals surface area contributed by atoms with E-state index in [4.69, 9.17) is 18.9 Å². The first-order valence-electron chi connectivity index (χ1n) is 9.73. The molecule has 2 unspecified atom stereocenters. The first-order valence-corrected chi connectivity index (χ1v) is 9.73. The summed E-state index contributed by atoms with van der Waals surface area (Å²) in [6.45, 7) is -0.511. The van der Waals surface area contributed by atoms with E-state index in [1.165, 1.54) is 36.4 Å². The SMILES string of the molecule is O=[N+]([O-])c1cccc(C2O[C@H]([C@H]3COC(c4cccc([N+](=O)[O-])c4)O3)[C@H](O)[C@H](CO)O2)c1. The number of nitro groups is 2. The molecule has 0 radical (unpaired) electrons. The van der Waals surface area contributed by atoms with Gasteiger partial charge >= 0.3 is 0 Å². The van der Waals surface area contributed by atoms with Gasteiger partial charge in [0.25, 0.3) is 11.4 Å². The molecule has 2 aromatic carbocycles. The number of non-ortho nitro benzene ring substituents is 2. The highest BCUT2D eigenvalue weighted by molar-refractivity contribution is 5.36. The van der Waals surface area contributed by atoms with E-state index in [1.54, 1.807) is 12.1 Å². The van der Waals surface area contributed by atoms with Gasteiger partial charge in [0.1, 0.15) is 24.4 Å². The van der Waals surface area contributed by atoms with Gasteiger partial charge in [-0.05, 0) is 0 Å². The minimum absolute atomic E-state index is 0.00882. The fourth-order valence-corrected chi connectivity index (χ4v) is 3.66. The van der Waals surface area contributed by atoms with Crippen LogP contribution < -0.4 is 0 Å². The van der Waals surface area contributed by atoms with Gasteiger partial charge in [-0.1, -0.05) is 24.3 Å². The summed E-state index contributed by atoms with van der Waals surface area (Å²) in [4.78, 5) is 21.0. The maximum Gasteiger partial charge on any atom is 0.269 e. The Hall–Kier alpha value is -3.00. The molecular weight excluding hydrogens is 428 g/mol. The molecule has 0 amide bonds. The zero-order valence-electron chi connectivity index (χ0n) is 16.6. The average Bonchev–Trinajstić information content (AvgIpc) is 3.29. The second-order valence-corrected chi connectivity index (χ2v) is 7.32. The predicted molar refractivity (Wildman–Crippen MR) is 105 cm³/mol. The van der Waals surface area contributed by atoms with Crippen LogP contribution in [0.3, 0.4) is 0 Å². The van der Waals surface area contributed by atoms with Gasteiger partial charge in [-0.15, -0.1) is 0 Å². The Morgan fingerprint density at radius 3 is 2.06 bits per heavy atom. The normalized spacial score (nSPS) is 30.2. The van der Waals surface area contributed by atoms with Crippen LogP contribution in [0.2, 0.25) is 0 Å². The van der Waals surface area contributed by atoms with E-state index >= 15 is 0 Å². The maximum atomic E-state index is 11.1. The minimum Gasteiger partial charge on any atom is -0.394 e. The summed E-state index contributed by atoms with van der Waals surface area (Å²) in [6.07, 6.45) is -6.09. The first kappa shape index (κ1) is 22.2. The molecule has 12 nitrogen and oxygen atoms in total. The third-order valence-electron chi connectivity index (χ3n) is 5.26. The van der Waals surface area contributed by atoms with Crippen molar-refractivity contribution in [2.24, 2.45) is 0 Å². The average molecular weight is 448 g/mol. The van der Waals surface area contributed by atoms with Crippen LogP contribution >= 0.6 is 0 Å². The number of nitro benzene ring substituents is 2. The molecule has 0 aromatic heterocycles. The summed E-state index contributed by atoms with van der Waals surface area (Å²) in [5.74, 6) is 0. The largest absolute Gasteiger partial charge is 0.394 e. The Balaban J connectivity index is 1.53. The number of rotatable bonds is 6. The molecule has 4 rings (SSSR count). The highest BCUT2D eigenvalue weighted by Gasteiger charge is 2.46. The van der Waals surface area contributed by atoms with Crippen LogP contribution in [-0.2, 0) is 18.9 Å². The zero-order valence-corrected chi connectivity index (χ0v) is 16.6. The van der Waals surface area contributed by atoms with E-state index < -0.39 is 53.4 Å². The third-order valence-corrected chi connectivity index (χ3v) is 5.26. The van der Waals surface area contributed by atoms with E-state index in [0.29, 0.717) is 11.1 Å². The lowest BCUT2D eigenvalue weighted by Crippen LogP contribution is -2.54. The van der Waals surface area contributed by atoms with Crippen LogP contribution in [0.1, 0.15) is 23.7 Å². The molecule has 2 aromatic rings. The molecule has 2 heterocycles. The summed E-state index contributed by atoms with van der Waals surface area (Å²) in [5, 5.41) is 42.4. The quantitative estimate of drug-likeness (QED) is 0.491. The molecule has 0 spiro atoms. The van der Waals surface area contributed by atoms with Gasteiger partial charge in [-0.25, -0.2) is 0 Å². The molecule has 32 heavy (non-hydrogen) atoms. The second kappa shape index (κ2) is 9.24. The van der Waals surface area contributed by atoms with Crippen LogP contribution in [0.15, 0.2) is 48.5 Å². The topological polar surface area (TPSA) is 164 Å². The number of hydrogen-bond acceptors (Lipinski definition) is 10. The first-order chi connectivity index (χ1) is 15.4. The fraction of sp³-hybridized carbons (Fsp3) is 0.400. The van der Waals surface area contributed by atoms with Crippen LogP contribution in [0.4, 0.5) is 11.4 Å². The molecule has 2 saturated heterocycles. The van der Waals surface area contributed by atoms with Crippen LogP contribution in [0.25, 0.3) is 0 Å². The molecule has 2 N–H and O–H groups in total. The lowest BCUT2D eigenvalue weighted by atomic mass is 10.0. The van der Waals surface area contributed by atoms with E-state index in [1.807, 2.05) is 0 Å². The molecule has 6 atom stereocenters. The fourth-order valence-electron chi connectivity index (χ4n) is 3.66. The molecule has 0 saturated carbocycles. The van der Waals surface area contributed by atoms with Crippen molar-refractivity contribution in [1.29, 1.82) is 0 Å². The van der Waals surface area contributed by atoms with Gasteiger partial charge < -0.3 is 29.2 Å². The van der Waals surface area contributed by atoms with Crippen molar-refractivity contribution in [3.8, 4) is 0 Å². The molecule has 170 valence electrons. The van der Waals surface area contributed by atoms with Gasteiger partial charge in [-0.3, -0.25) is 20.2 Å². The van der Waals surface area contributed by atoms with E-state index in [2.05, 4.69) is 0 Å². The van der Waals surface area contributed by atoms with Gasteiger partial charge in [0.2, 0.25) is 0 Å². The highest BCUT2D eigenvalue weighted by atomic mass is 16.8. The summed E-state index contributed by atoms with van der Waals surface area (Å²) < 4.78 is 22.9. The van der Waals surface area contributed by atoms with Crippen molar-refractivity contribution in [2.45, 2.75) is 37.0 Å². The summed E-state index contributed by atoms with van der Waals surface area (Å²) in [6, 6.07) is 11.4. The summed E-state index contributed by atoms with van der Waals surface area (Å²) in [7, 11) is 0. The van der Waals surface area contributed by atoms with Gasteiger partial charge in [0.15, 0.2) is 12.6 Å². The Kier molecular flexibility index (Phi) is 6.41. The van der Waals surface area contributed by atoms with Crippen molar-refractivity contribution in [3.05, 3.63) is 79.9 Å². The number of ether oxygens (including phenoxy) is 4. The number of nitrogens with zero attached hydrogens (tertiary/aromatic N) is 2. The van der Waals surface area contributed by atoms with E-state index in [-0.39, 0.29) is 18.0 Å². The van der Waals surface area contributed by atoms with Crippen LogP contribution in [0, 0.1) is 20.2 Å². The molecule has 0 aliphatic carbocycles. The molecule has 0 bridgehead atoms. The maximum absolute atomic E-state index is 11.1. The van der Waals surface area contributed by atoms with Crippen molar-refractivity contribution >= 4 is 11.4 Å². The number of hydrogen-bond donors (Lipinski definition) is 2. The molecule has 2 aliphatic heterocycles.